The van der Waals surface area contributed by atoms with E-state index < -0.39 is 0 Å². The summed E-state index contributed by atoms with van der Waals surface area (Å²) < 4.78 is 6.03. The predicted octanol–water partition coefficient (Wildman–Crippen LogP) is 10.4. The highest BCUT2D eigenvalue weighted by atomic mass is 16.5. The second-order valence-corrected chi connectivity index (χ2v) is 15.3. The highest BCUT2D eigenvalue weighted by Gasteiger charge is 2.65. The number of ether oxygens (including phenoxy) is 1. The van der Waals surface area contributed by atoms with E-state index in [0.717, 1.165) is 23.7 Å². The summed E-state index contributed by atoms with van der Waals surface area (Å²) in [5.74, 6) is 3.17. The van der Waals surface area contributed by atoms with Crippen molar-refractivity contribution in [3.63, 3.8) is 0 Å². The molecule has 0 bridgehead atoms. The highest BCUT2D eigenvalue weighted by Crippen LogP contribution is 2.73. The first-order valence-corrected chi connectivity index (χ1v) is 15.7. The highest BCUT2D eigenvalue weighted by molar-refractivity contribution is 5.32. The average molecular weight is 497 g/mol. The summed E-state index contributed by atoms with van der Waals surface area (Å²) in [6.07, 6.45) is 17.8. The van der Waals surface area contributed by atoms with Gasteiger partial charge in [0, 0.05) is 7.11 Å². The van der Waals surface area contributed by atoms with Crippen molar-refractivity contribution in [2.24, 2.45) is 50.7 Å². The van der Waals surface area contributed by atoms with Crippen molar-refractivity contribution in [1.29, 1.82) is 0 Å². The van der Waals surface area contributed by atoms with Crippen molar-refractivity contribution < 1.29 is 4.74 Å². The fourth-order valence-electron chi connectivity index (χ4n) is 11.2. The van der Waals surface area contributed by atoms with E-state index in [4.69, 9.17) is 4.74 Å². The van der Waals surface area contributed by atoms with Gasteiger partial charge in [0.05, 0.1) is 6.10 Å². The fraction of sp³-hybridized carbons (Fsp3) is 0.886. The lowest BCUT2D eigenvalue weighted by Gasteiger charge is -2.64. The summed E-state index contributed by atoms with van der Waals surface area (Å²) in [5, 5.41) is 0. The van der Waals surface area contributed by atoms with Gasteiger partial charge in [-0.2, -0.15) is 0 Å². The van der Waals surface area contributed by atoms with E-state index in [2.05, 4.69) is 75.0 Å². The Bertz CT molecular complexity index is 860. The molecule has 0 aromatic rings. The van der Waals surface area contributed by atoms with Crippen LogP contribution >= 0.6 is 0 Å². The normalized spacial score (nSPS) is 42.7. The molecule has 0 heterocycles. The maximum absolute atomic E-state index is 6.03. The molecular weight excluding hydrogens is 436 g/mol. The topological polar surface area (TPSA) is 9.23 Å². The summed E-state index contributed by atoms with van der Waals surface area (Å²) in [5.41, 5.74) is 5.13. The smallest absolute Gasteiger partial charge is 0.0625 e. The van der Waals surface area contributed by atoms with Gasteiger partial charge in [0.25, 0.3) is 0 Å². The van der Waals surface area contributed by atoms with Crippen LogP contribution in [0.4, 0.5) is 0 Å². The number of hydrogen-bond donors (Lipinski definition) is 0. The maximum atomic E-state index is 6.03. The molecular formula is C35H60O. The Labute approximate surface area is 225 Å². The Kier molecular flexibility index (Phi) is 7.56. The molecule has 4 aliphatic carbocycles. The largest absolute Gasteiger partial charge is 0.381 e. The minimum Gasteiger partial charge on any atom is -0.381 e. The molecule has 4 rings (SSSR count). The fourth-order valence-corrected chi connectivity index (χ4v) is 11.2. The van der Waals surface area contributed by atoms with Gasteiger partial charge >= 0.3 is 0 Å². The molecule has 0 N–H and O–H groups in total. The lowest BCUT2D eigenvalue weighted by atomic mass is 9.41. The van der Waals surface area contributed by atoms with Gasteiger partial charge in [-0.25, -0.2) is 0 Å². The van der Waals surface area contributed by atoms with E-state index >= 15 is 0 Å². The summed E-state index contributed by atoms with van der Waals surface area (Å²) in [6, 6.07) is 0. The number of fused-ring (bicyclic) bond motifs is 5. The van der Waals surface area contributed by atoms with E-state index in [1.807, 2.05) is 12.7 Å². The minimum atomic E-state index is 0.260. The van der Waals surface area contributed by atoms with Crippen LogP contribution in [0.15, 0.2) is 23.8 Å². The third-order valence-electron chi connectivity index (χ3n) is 14.1. The van der Waals surface area contributed by atoms with Gasteiger partial charge < -0.3 is 4.74 Å². The van der Waals surface area contributed by atoms with Crippen LogP contribution in [0.2, 0.25) is 0 Å². The van der Waals surface area contributed by atoms with Gasteiger partial charge in [-0.1, -0.05) is 79.2 Å². The first-order valence-electron chi connectivity index (χ1n) is 15.7. The molecule has 0 radical (unpaired) electrons. The monoisotopic (exact) mass is 496 g/mol. The Morgan fingerprint density at radius 1 is 1.03 bits per heavy atom. The quantitative estimate of drug-likeness (QED) is 0.304. The van der Waals surface area contributed by atoms with Crippen LogP contribution in [0, 0.1) is 50.7 Å². The molecule has 0 amide bonds. The SMILES string of the molecule is C=C(C)C(CC)(CC)CC[C@@H](C)[C@H]1CC[C@@]2(C)[C@@H]3CC[C@@H]4C(C)(C)[C@@H](OC)CC[C@]4(C)C3=CC[C@]12C. The molecule has 36 heavy (non-hydrogen) atoms. The number of hydrogen-bond acceptors (Lipinski definition) is 1. The Morgan fingerprint density at radius 2 is 1.69 bits per heavy atom. The lowest BCUT2D eigenvalue weighted by Crippen LogP contribution is -2.58. The van der Waals surface area contributed by atoms with Gasteiger partial charge in [0.2, 0.25) is 0 Å². The molecule has 1 heteroatoms. The lowest BCUT2D eigenvalue weighted by molar-refractivity contribution is -0.130. The number of methoxy groups -OCH3 is 1. The van der Waals surface area contributed by atoms with Crippen LogP contribution in [0.25, 0.3) is 0 Å². The zero-order valence-corrected chi connectivity index (χ0v) is 25.9. The van der Waals surface area contributed by atoms with Crippen LogP contribution in [-0.2, 0) is 4.74 Å². The van der Waals surface area contributed by atoms with Gasteiger partial charge in [0.1, 0.15) is 0 Å². The van der Waals surface area contributed by atoms with Crippen LogP contribution in [0.5, 0.6) is 0 Å². The summed E-state index contributed by atoms with van der Waals surface area (Å²) in [6.45, 7) is 27.1. The standard InChI is InChI=1S/C35H60O/c1-12-35(13-2,24(3)4)23-16-25(5)26-17-21-34(10)28-14-15-29-31(6,7)30(36-11)19-20-32(29,8)27(28)18-22-33(26,34)9/h18,25-26,28-30H,3,12-17,19-23H2,1-2,4-11H3/t25-,26-,28-,29-,30+,32-,33-,34+/m1/s1. The van der Waals surface area contributed by atoms with Gasteiger partial charge in [-0.15, -0.1) is 0 Å². The molecule has 0 aromatic heterocycles. The Balaban J connectivity index is 1.59. The Hall–Kier alpha value is -0.560. The predicted molar refractivity (Wildman–Crippen MR) is 156 cm³/mol. The molecule has 3 saturated carbocycles. The van der Waals surface area contributed by atoms with Crippen LogP contribution < -0.4 is 0 Å². The first kappa shape index (κ1) is 28.4. The first-order chi connectivity index (χ1) is 16.8. The summed E-state index contributed by atoms with van der Waals surface area (Å²) >= 11 is 0. The van der Waals surface area contributed by atoms with Gasteiger partial charge in [-0.05, 0) is 128 Å². The van der Waals surface area contributed by atoms with Crippen molar-refractivity contribution in [2.45, 2.75) is 139 Å². The van der Waals surface area contributed by atoms with E-state index in [1.54, 1.807) is 0 Å². The molecule has 0 spiro atoms. The van der Waals surface area contributed by atoms with E-state index in [1.165, 1.54) is 76.2 Å². The average Bonchev–Trinajstić information content (AvgIpc) is 3.11. The van der Waals surface area contributed by atoms with Crippen LogP contribution in [0.3, 0.4) is 0 Å². The molecule has 0 unspecified atom stereocenters. The van der Waals surface area contributed by atoms with Gasteiger partial charge in [0.15, 0.2) is 0 Å². The molecule has 1 nitrogen and oxygen atoms in total. The number of rotatable bonds is 8. The van der Waals surface area contributed by atoms with Gasteiger partial charge in [-0.3, -0.25) is 0 Å². The van der Waals surface area contributed by atoms with Crippen molar-refractivity contribution >= 4 is 0 Å². The molecule has 0 aliphatic heterocycles. The maximum Gasteiger partial charge on any atom is 0.0625 e. The number of allylic oxidation sites excluding steroid dienone is 3. The van der Waals surface area contributed by atoms with E-state index in [-0.39, 0.29) is 5.41 Å². The molecule has 206 valence electrons. The molecule has 0 aromatic carbocycles. The third-order valence-corrected chi connectivity index (χ3v) is 14.1. The minimum absolute atomic E-state index is 0.260. The van der Waals surface area contributed by atoms with Crippen molar-refractivity contribution in [1.82, 2.24) is 0 Å². The van der Waals surface area contributed by atoms with Crippen molar-refractivity contribution in [2.75, 3.05) is 7.11 Å². The van der Waals surface area contributed by atoms with Crippen LogP contribution in [0.1, 0.15) is 133 Å². The summed E-state index contributed by atoms with van der Waals surface area (Å²) in [7, 11) is 1.94. The Morgan fingerprint density at radius 3 is 2.28 bits per heavy atom. The van der Waals surface area contributed by atoms with Crippen molar-refractivity contribution in [3.05, 3.63) is 23.8 Å². The third kappa shape index (κ3) is 3.86. The summed E-state index contributed by atoms with van der Waals surface area (Å²) in [4.78, 5) is 0. The van der Waals surface area contributed by atoms with Crippen molar-refractivity contribution in [3.8, 4) is 0 Å². The van der Waals surface area contributed by atoms with E-state index in [9.17, 15) is 0 Å². The molecule has 4 aliphatic rings. The molecule has 3 fully saturated rings. The molecule has 0 saturated heterocycles. The molecule has 8 atom stereocenters. The van der Waals surface area contributed by atoms with E-state index in [0.29, 0.717) is 27.8 Å². The zero-order chi connectivity index (χ0) is 26.7. The second kappa shape index (κ2) is 9.57. The second-order valence-electron chi connectivity index (χ2n) is 15.3. The zero-order valence-electron chi connectivity index (χ0n) is 25.9. The van der Waals surface area contributed by atoms with Crippen LogP contribution in [-0.4, -0.2) is 13.2 Å².